The van der Waals surface area contributed by atoms with Crippen molar-refractivity contribution in [3.8, 4) is 22.3 Å². The van der Waals surface area contributed by atoms with Gasteiger partial charge in [-0.25, -0.2) is 0 Å². The molecule has 0 saturated heterocycles. The van der Waals surface area contributed by atoms with E-state index < -0.39 is 0 Å². The number of anilines is 2. The van der Waals surface area contributed by atoms with Crippen molar-refractivity contribution in [2.45, 2.75) is 0 Å². The molecule has 0 aliphatic heterocycles. The number of fused-ring (bicyclic) bond motifs is 1. The van der Waals surface area contributed by atoms with Crippen molar-refractivity contribution in [3.63, 3.8) is 0 Å². The summed E-state index contributed by atoms with van der Waals surface area (Å²) >= 11 is 0. The third-order valence-electron chi connectivity index (χ3n) is 5.25. The van der Waals surface area contributed by atoms with E-state index in [1.807, 2.05) is 6.07 Å². The SMILES string of the molecule is c1ccc(-c2ccc(Nc3ccc(-c4ccc5ccccc5c4)cc3)cc2)cc1. The molecule has 0 amide bonds. The van der Waals surface area contributed by atoms with Crippen LogP contribution in [0, 0.1) is 0 Å². The number of hydrogen-bond acceptors (Lipinski definition) is 1. The molecule has 5 rings (SSSR count). The van der Waals surface area contributed by atoms with Crippen LogP contribution in [0.1, 0.15) is 0 Å². The molecule has 0 bridgehead atoms. The normalized spacial score (nSPS) is 10.8. The summed E-state index contributed by atoms with van der Waals surface area (Å²) in [7, 11) is 0. The minimum atomic E-state index is 1.09. The fourth-order valence-corrected chi connectivity index (χ4v) is 3.66. The van der Waals surface area contributed by atoms with Crippen LogP contribution in [0.5, 0.6) is 0 Å². The van der Waals surface area contributed by atoms with E-state index in [0.29, 0.717) is 0 Å². The Morgan fingerprint density at radius 2 is 0.828 bits per heavy atom. The summed E-state index contributed by atoms with van der Waals surface area (Å²) in [4.78, 5) is 0. The Morgan fingerprint density at radius 3 is 1.48 bits per heavy atom. The Kier molecular flexibility index (Phi) is 4.56. The van der Waals surface area contributed by atoms with Crippen molar-refractivity contribution in [1.29, 1.82) is 0 Å². The lowest BCUT2D eigenvalue weighted by atomic mass is 10.0. The minimum Gasteiger partial charge on any atom is -0.356 e. The standard InChI is InChI=1S/C28H21N/c1-2-6-21(7-3-1)23-12-16-27(17-13-23)29-28-18-14-24(15-19-28)26-11-10-22-8-4-5-9-25(22)20-26/h1-20,29H. The minimum absolute atomic E-state index is 1.09. The van der Waals surface area contributed by atoms with Crippen LogP contribution in [0.25, 0.3) is 33.0 Å². The highest BCUT2D eigenvalue weighted by Gasteiger charge is 2.02. The van der Waals surface area contributed by atoms with Gasteiger partial charge >= 0.3 is 0 Å². The van der Waals surface area contributed by atoms with Crippen molar-refractivity contribution < 1.29 is 0 Å². The molecule has 1 N–H and O–H groups in total. The van der Waals surface area contributed by atoms with Gasteiger partial charge in [-0.2, -0.15) is 0 Å². The topological polar surface area (TPSA) is 12.0 Å². The predicted octanol–water partition coefficient (Wildman–Crippen LogP) is 7.92. The van der Waals surface area contributed by atoms with E-state index in [-0.39, 0.29) is 0 Å². The third-order valence-corrected chi connectivity index (χ3v) is 5.25. The van der Waals surface area contributed by atoms with Crippen LogP contribution in [0.4, 0.5) is 11.4 Å². The van der Waals surface area contributed by atoms with Gasteiger partial charge in [-0.05, 0) is 63.4 Å². The van der Waals surface area contributed by atoms with Crippen molar-refractivity contribution in [2.75, 3.05) is 5.32 Å². The number of hydrogen-bond donors (Lipinski definition) is 1. The Morgan fingerprint density at radius 1 is 0.345 bits per heavy atom. The Labute approximate surface area is 171 Å². The lowest BCUT2D eigenvalue weighted by Gasteiger charge is -2.09. The maximum atomic E-state index is 3.49. The molecule has 0 unspecified atom stereocenters. The highest BCUT2D eigenvalue weighted by molar-refractivity contribution is 5.87. The van der Waals surface area contributed by atoms with Gasteiger partial charge in [0.2, 0.25) is 0 Å². The second-order valence-electron chi connectivity index (χ2n) is 7.21. The zero-order chi connectivity index (χ0) is 19.5. The fourth-order valence-electron chi connectivity index (χ4n) is 3.66. The lowest BCUT2D eigenvalue weighted by Crippen LogP contribution is -1.90. The number of benzene rings is 5. The first-order chi connectivity index (χ1) is 14.3. The third kappa shape index (κ3) is 3.76. The molecule has 138 valence electrons. The predicted molar refractivity (Wildman–Crippen MR) is 125 cm³/mol. The Bertz CT molecular complexity index is 1240. The van der Waals surface area contributed by atoms with Gasteiger partial charge in [-0.1, -0.05) is 91.0 Å². The molecular weight excluding hydrogens is 350 g/mol. The molecule has 1 heteroatoms. The van der Waals surface area contributed by atoms with E-state index >= 15 is 0 Å². The summed E-state index contributed by atoms with van der Waals surface area (Å²) in [5, 5.41) is 6.03. The molecule has 5 aromatic carbocycles. The van der Waals surface area contributed by atoms with Gasteiger partial charge in [0.15, 0.2) is 0 Å². The number of rotatable bonds is 4. The summed E-state index contributed by atoms with van der Waals surface area (Å²) < 4.78 is 0. The van der Waals surface area contributed by atoms with E-state index in [4.69, 9.17) is 0 Å². The van der Waals surface area contributed by atoms with E-state index in [1.165, 1.54) is 33.0 Å². The maximum absolute atomic E-state index is 3.49. The van der Waals surface area contributed by atoms with Crippen LogP contribution >= 0.6 is 0 Å². The van der Waals surface area contributed by atoms with Crippen molar-refractivity contribution >= 4 is 22.1 Å². The van der Waals surface area contributed by atoms with E-state index in [0.717, 1.165) is 11.4 Å². The quantitative estimate of drug-likeness (QED) is 0.338. The van der Waals surface area contributed by atoms with Gasteiger partial charge in [0.1, 0.15) is 0 Å². The van der Waals surface area contributed by atoms with Gasteiger partial charge in [0.05, 0.1) is 0 Å². The smallest absolute Gasteiger partial charge is 0.0384 e. The second-order valence-corrected chi connectivity index (χ2v) is 7.21. The molecule has 0 aliphatic carbocycles. The first-order valence-corrected chi connectivity index (χ1v) is 9.87. The second kappa shape index (κ2) is 7.65. The molecule has 0 saturated carbocycles. The molecule has 5 aromatic rings. The Hall–Kier alpha value is -3.84. The lowest BCUT2D eigenvalue weighted by molar-refractivity contribution is 1.54. The molecule has 0 fully saturated rings. The van der Waals surface area contributed by atoms with Crippen LogP contribution in [-0.2, 0) is 0 Å². The molecule has 0 aliphatic rings. The number of nitrogens with one attached hydrogen (secondary N) is 1. The Balaban J connectivity index is 1.33. The molecular formula is C28H21N. The summed E-state index contributed by atoms with van der Waals surface area (Å²) in [5.74, 6) is 0. The van der Waals surface area contributed by atoms with Gasteiger partial charge < -0.3 is 5.32 Å². The van der Waals surface area contributed by atoms with E-state index in [9.17, 15) is 0 Å². The monoisotopic (exact) mass is 371 g/mol. The molecule has 29 heavy (non-hydrogen) atoms. The summed E-state index contributed by atoms with van der Waals surface area (Å²) in [6.45, 7) is 0. The largest absolute Gasteiger partial charge is 0.356 e. The van der Waals surface area contributed by atoms with Gasteiger partial charge in [0.25, 0.3) is 0 Å². The van der Waals surface area contributed by atoms with Crippen LogP contribution in [0.15, 0.2) is 121 Å². The summed E-state index contributed by atoms with van der Waals surface area (Å²) in [6, 6.07) is 42.7. The average molecular weight is 371 g/mol. The maximum Gasteiger partial charge on any atom is 0.0384 e. The van der Waals surface area contributed by atoms with Crippen LogP contribution in [-0.4, -0.2) is 0 Å². The van der Waals surface area contributed by atoms with E-state index in [1.54, 1.807) is 0 Å². The molecule has 0 radical (unpaired) electrons. The van der Waals surface area contributed by atoms with Crippen molar-refractivity contribution in [1.82, 2.24) is 0 Å². The van der Waals surface area contributed by atoms with Crippen LogP contribution < -0.4 is 5.32 Å². The fraction of sp³-hybridized carbons (Fsp3) is 0. The zero-order valence-electron chi connectivity index (χ0n) is 16.0. The highest BCUT2D eigenvalue weighted by atomic mass is 14.9. The molecule has 1 nitrogen and oxygen atoms in total. The summed E-state index contributed by atoms with van der Waals surface area (Å²) in [5.41, 5.74) is 7.09. The molecule has 0 spiro atoms. The van der Waals surface area contributed by atoms with Gasteiger partial charge in [-0.3, -0.25) is 0 Å². The van der Waals surface area contributed by atoms with Crippen molar-refractivity contribution in [2.24, 2.45) is 0 Å². The van der Waals surface area contributed by atoms with E-state index in [2.05, 4.69) is 121 Å². The van der Waals surface area contributed by atoms with Crippen molar-refractivity contribution in [3.05, 3.63) is 121 Å². The zero-order valence-corrected chi connectivity index (χ0v) is 16.0. The molecule has 0 heterocycles. The van der Waals surface area contributed by atoms with Crippen LogP contribution in [0.2, 0.25) is 0 Å². The molecule has 0 aromatic heterocycles. The average Bonchev–Trinajstić information content (AvgIpc) is 2.80. The van der Waals surface area contributed by atoms with Crippen LogP contribution in [0.3, 0.4) is 0 Å². The first kappa shape index (κ1) is 17.3. The first-order valence-electron chi connectivity index (χ1n) is 9.87. The van der Waals surface area contributed by atoms with Gasteiger partial charge in [-0.15, -0.1) is 0 Å². The highest BCUT2D eigenvalue weighted by Crippen LogP contribution is 2.27. The van der Waals surface area contributed by atoms with Gasteiger partial charge in [0, 0.05) is 11.4 Å². The molecule has 0 atom stereocenters. The summed E-state index contributed by atoms with van der Waals surface area (Å²) in [6.07, 6.45) is 0.